The smallest absolute Gasteiger partial charge is 0.251 e. The van der Waals surface area contributed by atoms with Crippen LogP contribution in [0.5, 0.6) is 0 Å². The summed E-state index contributed by atoms with van der Waals surface area (Å²) in [5.41, 5.74) is 4.23. The number of benzene rings is 1. The lowest BCUT2D eigenvalue weighted by molar-refractivity contribution is 0.0932. The topological polar surface area (TPSA) is 46.9 Å². The molecule has 4 heteroatoms. The van der Waals surface area contributed by atoms with E-state index < -0.39 is 0 Å². The number of nitrogens with one attached hydrogen (secondary N) is 1. The van der Waals surface area contributed by atoms with Crippen molar-refractivity contribution in [2.24, 2.45) is 7.05 Å². The van der Waals surface area contributed by atoms with E-state index in [4.69, 9.17) is 0 Å². The quantitative estimate of drug-likeness (QED) is 0.910. The van der Waals surface area contributed by atoms with Crippen LogP contribution in [0.1, 0.15) is 46.1 Å². The largest absolute Gasteiger partial charge is 0.345 e. The van der Waals surface area contributed by atoms with Gasteiger partial charge in [-0.1, -0.05) is 17.7 Å². The molecule has 1 aromatic heterocycles. The summed E-state index contributed by atoms with van der Waals surface area (Å²) in [6.45, 7) is 2.00. The minimum Gasteiger partial charge on any atom is -0.345 e. The van der Waals surface area contributed by atoms with Gasteiger partial charge in [-0.25, -0.2) is 0 Å². The van der Waals surface area contributed by atoms with Gasteiger partial charge in [-0.05, 0) is 38.3 Å². The van der Waals surface area contributed by atoms with Gasteiger partial charge in [0.15, 0.2) is 0 Å². The highest BCUT2D eigenvalue weighted by Gasteiger charge is 2.24. The van der Waals surface area contributed by atoms with E-state index in [0.717, 1.165) is 30.4 Å². The third-order valence-electron chi connectivity index (χ3n) is 3.96. The summed E-state index contributed by atoms with van der Waals surface area (Å²) in [7, 11) is 1.96. The molecule has 0 saturated heterocycles. The summed E-state index contributed by atoms with van der Waals surface area (Å²) >= 11 is 0. The summed E-state index contributed by atoms with van der Waals surface area (Å²) in [5, 5.41) is 7.45. The van der Waals surface area contributed by atoms with E-state index in [1.54, 1.807) is 0 Å². The highest BCUT2D eigenvalue weighted by Crippen LogP contribution is 2.29. The van der Waals surface area contributed by atoms with Crippen LogP contribution in [0.3, 0.4) is 0 Å². The first kappa shape index (κ1) is 12.9. The molecule has 0 saturated carbocycles. The van der Waals surface area contributed by atoms with E-state index >= 15 is 0 Å². The Bertz CT molecular complexity index is 645. The lowest BCUT2D eigenvalue weighted by atomic mass is 9.92. The van der Waals surface area contributed by atoms with Crippen LogP contribution in [0.4, 0.5) is 0 Å². The number of carbonyl (C=O) groups is 1. The van der Waals surface area contributed by atoms with Crippen LogP contribution >= 0.6 is 0 Å². The standard InChI is InChI=1S/C16H19N3O/c1-11-5-3-6-12(9-11)16(20)18-14-7-4-8-15-13(14)10-17-19(15)2/h3,5-6,9-10,14H,4,7-8H2,1-2H3,(H,18,20)/t14-/m0/s1. The Morgan fingerprint density at radius 2 is 2.30 bits per heavy atom. The Morgan fingerprint density at radius 1 is 1.45 bits per heavy atom. The van der Waals surface area contributed by atoms with Gasteiger partial charge in [0.05, 0.1) is 12.2 Å². The molecule has 104 valence electrons. The third-order valence-corrected chi connectivity index (χ3v) is 3.96. The van der Waals surface area contributed by atoms with E-state index in [1.165, 1.54) is 11.3 Å². The molecule has 2 aromatic rings. The predicted octanol–water partition coefficient (Wildman–Crippen LogP) is 2.54. The first-order valence-corrected chi connectivity index (χ1v) is 7.03. The first-order valence-electron chi connectivity index (χ1n) is 7.03. The van der Waals surface area contributed by atoms with E-state index in [0.29, 0.717) is 0 Å². The molecule has 1 aliphatic carbocycles. The maximum Gasteiger partial charge on any atom is 0.251 e. The molecular formula is C16H19N3O. The number of aromatic nitrogens is 2. The molecule has 0 bridgehead atoms. The predicted molar refractivity (Wildman–Crippen MR) is 77.5 cm³/mol. The Kier molecular flexibility index (Phi) is 3.30. The van der Waals surface area contributed by atoms with E-state index in [1.807, 2.05) is 49.1 Å². The molecule has 1 N–H and O–H groups in total. The SMILES string of the molecule is Cc1cccc(C(=O)N[C@H]2CCCc3c2cnn3C)c1. The molecule has 3 rings (SSSR count). The van der Waals surface area contributed by atoms with Crippen molar-refractivity contribution in [3.05, 3.63) is 52.8 Å². The minimum atomic E-state index is -0.00426. The summed E-state index contributed by atoms with van der Waals surface area (Å²) in [6.07, 6.45) is 5.00. The second-order valence-corrected chi connectivity index (χ2v) is 5.46. The first-order chi connectivity index (χ1) is 9.65. The zero-order chi connectivity index (χ0) is 14.1. The van der Waals surface area contributed by atoms with Gasteiger partial charge in [0.25, 0.3) is 5.91 Å². The normalized spacial score (nSPS) is 17.6. The molecule has 20 heavy (non-hydrogen) atoms. The molecule has 0 spiro atoms. The fourth-order valence-corrected chi connectivity index (χ4v) is 2.88. The highest BCUT2D eigenvalue weighted by atomic mass is 16.1. The monoisotopic (exact) mass is 269 g/mol. The van der Waals surface area contributed by atoms with Crippen LogP contribution in [-0.4, -0.2) is 15.7 Å². The molecule has 1 amide bonds. The summed E-state index contributed by atoms with van der Waals surface area (Å²) in [4.78, 5) is 12.3. The second-order valence-electron chi connectivity index (χ2n) is 5.46. The second kappa shape index (κ2) is 5.12. The Hall–Kier alpha value is -2.10. The van der Waals surface area contributed by atoms with Crippen LogP contribution in [0, 0.1) is 6.92 Å². The molecule has 1 aromatic carbocycles. The number of fused-ring (bicyclic) bond motifs is 1. The van der Waals surface area contributed by atoms with Crippen molar-refractivity contribution in [1.82, 2.24) is 15.1 Å². The van der Waals surface area contributed by atoms with Gasteiger partial charge >= 0.3 is 0 Å². The van der Waals surface area contributed by atoms with Crippen LogP contribution in [0.15, 0.2) is 30.5 Å². The summed E-state index contributed by atoms with van der Waals surface area (Å²) < 4.78 is 1.92. The van der Waals surface area contributed by atoms with E-state index in [-0.39, 0.29) is 11.9 Å². The number of rotatable bonds is 2. The number of hydrogen-bond acceptors (Lipinski definition) is 2. The van der Waals surface area contributed by atoms with Crippen LogP contribution in [0.25, 0.3) is 0 Å². The van der Waals surface area contributed by atoms with Crippen LogP contribution in [0.2, 0.25) is 0 Å². The highest BCUT2D eigenvalue weighted by molar-refractivity contribution is 5.94. The lowest BCUT2D eigenvalue weighted by Gasteiger charge is -2.23. The maximum absolute atomic E-state index is 12.3. The van der Waals surface area contributed by atoms with Crippen molar-refractivity contribution >= 4 is 5.91 Å². The number of nitrogens with zero attached hydrogens (tertiary/aromatic N) is 2. The number of carbonyl (C=O) groups excluding carboxylic acids is 1. The van der Waals surface area contributed by atoms with E-state index in [2.05, 4.69) is 10.4 Å². The van der Waals surface area contributed by atoms with Crippen LogP contribution in [-0.2, 0) is 13.5 Å². The van der Waals surface area contributed by atoms with Crippen molar-refractivity contribution in [3.8, 4) is 0 Å². The number of hydrogen-bond donors (Lipinski definition) is 1. The number of amides is 1. The Labute approximate surface area is 118 Å². The zero-order valence-corrected chi connectivity index (χ0v) is 11.9. The van der Waals surface area contributed by atoms with Gasteiger partial charge in [-0.15, -0.1) is 0 Å². The third kappa shape index (κ3) is 2.33. The maximum atomic E-state index is 12.3. The van der Waals surface area contributed by atoms with Gasteiger partial charge in [-0.2, -0.15) is 5.10 Å². The fraction of sp³-hybridized carbons (Fsp3) is 0.375. The molecule has 1 heterocycles. The summed E-state index contributed by atoms with van der Waals surface area (Å²) in [6, 6.07) is 7.77. The van der Waals surface area contributed by atoms with Gasteiger partial charge in [0, 0.05) is 23.9 Å². The average Bonchev–Trinajstić information content (AvgIpc) is 2.82. The lowest BCUT2D eigenvalue weighted by Crippen LogP contribution is -2.31. The summed E-state index contributed by atoms with van der Waals surface area (Å²) in [5.74, 6) is -0.00426. The molecule has 0 unspecified atom stereocenters. The Balaban J connectivity index is 1.80. The molecule has 4 nitrogen and oxygen atoms in total. The van der Waals surface area contributed by atoms with Crippen molar-refractivity contribution in [2.45, 2.75) is 32.2 Å². The van der Waals surface area contributed by atoms with Gasteiger partial charge < -0.3 is 5.32 Å². The average molecular weight is 269 g/mol. The van der Waals surface area contributed by atoms with Crippen molar-refractivity contribution < 1.29 is 4.79 Å². The molecule has 1 atom stereocenters. The molecule has 0 radical (unpaired) electrons. The van der Waals surface area contributed by atoms with Crippen molar-refractivity contribution in [3.63, 3.8) is 0 Å². The Morgan fingerprint density at radius 3 is 3.10 bits per heavy atom. The van der Waals surface area contributed by atoms with Gasteiger partial charge in [0.1, 0.15) is 0 Å². The fourth-order valence-electron chi connectivity index (χ4n) is 2.88. The van der Waals surface area contributed by atoms with Crippen LogP contribution < -0.4 is 5.32 Å². The van der Waals surface area contributed by atoms with Gasteiger partial charge in [-0.3, -0.25) is 9.48 Å². The van der Waals surface area contributed by atoms with E-state index in [9.17, 15) is 4.79 Å². The molecule has 0 aliphatic heterocycles. The van der Waals surface area contributed by atoms with Gasteiger partial charge in [0.2, 0.25) is 0 Å². The number of aryl methyl sites for hydroxylation is 2. The minimum absolute atomic E-state index is 0.00426. The molecule has 1 aliphatic rings. The molecular weight excluding hydrogens is 250 g/mol. The zero-order valence-electron chi connectivity index (χ0n) is 11.9. The van der Waals surface area contributed by atoms with Crippen molar-refractivity contribution in [2.75, 3.05) is 0 Å². The van der Waals surface area contributed by atoms with Crippen molar-refractivity contribution in [1.29, 1.82) is 0 Å². The molecule has 0 fully saturated rings.